The number of nitrogen functional groups attached to an aromatic ring is 1. The van der Waals surface area contributed by atoms with Crippen LogP contribution in [0.2, 0.25) is 0 Å². The van der Waals surface area contributed by atoms with Crippen LogP contribution in [0.25, 0.3) is 0 Å². The van der Waals surface area contributed by atoms with E-state index in [0.29, 0.717) is 37.2 Å². The molecule has 0 bridgehead atoms. The molecule has 2 aromatic heterocycles. The highest BCUT2D eigenvalue weighted by atomic mass is 32.2. The van der Waals surface area contributed by atoms with Crippen molar-refractivity contribution in [2.24, 2.45) is 5.16 Å². The highest BCUT2D eigenvalue weighted by Crippen LogP contribution is 2.41. The lowest BCUT2D eigenvalue weighted by molar-refractivity contribution is -0.698. The fraction of sp³-hybridized carbons (Fsp3) is 0.433. The average molecular weight is 669 g/mol. The van der Waals surface area contributed by atoms with Crippen LogP contribution < -0.4 is 15.6 Å². The summed E-state index contributed by atoms with van der Waals surface area (Å²) in [5, 5.41) is 27.2. The van der Waals surface area contributed by atoms with E-state index in [9.17, 15) is 24.3 Å². The summed E-state index contributed by atoms with van der Waals surface area (Å²) < 4.78 is 1.84. The highest BCUT2D eigenvalue weighted by molar-refractivity contribution is 8.00. The summed E-state index contributed by atoms with van der Waals surface area (Å²) >= 11 is 2.45. The van der Waals surface area contributed by atoms with E-state index in [2.05, 4.69) is 15.5 Å². The third-order valence-corrected chi connectivity index (χ3v) is 10.3. The number of carbonyl (C=O) groups is 4. The van der Waals surface area contributed by atoms with Gasteiger partial charge >= 0.3 is 5.97 Å². The summed E-state index contributed by atoms with van der Waals surface area (Å²) in [7, 11) is 0. The number of anilines is 1. The molecule has 0 spiro atoms. The number of nitrogens with one attached hydrogen (secondary N) is 1. The Hall–Kier alpha value is -4.28. The molecule has 0 unspecified atom stereocenters. The Balaban J connectivity index is 1.15. The zero-order valence-electron chi connectivity index (χ0n) is 24.8. The smallest absolute Gasteiger partial charge is 0.352 e. The van der Waals surface area contributed by atoms with Crippen molar-refractivity contribution in [3.05, 3.63) is 64.1 Å². The first-order chi connectivity index (χ1) is 22.2. The number of allylic oxidation sites excluding steroid dienone is 1. The normalized spacial score (nSPS) is 22.8. The van der Waals surface area contributed by atoms with E-state index in [4.69, 9.17) is 15.7 Å². The summed E-state index contributed by atoms with van der Waals surface area (Å²) in [6.07, 6.45) is 9.31. The summed E-state index contributed by atoms with van der Waals surface area (Å²) in [4.78, 5) is 65.0. The Labute approximate surface area is 272 Å². The Morgan fingerprint density at radius 1 is 1.24 bits per heavy atom. The van der Waals surface area contributed by atoms with Crippen molar-refractivity contribution < 1.29 is 38.8 Å². The van der Waals surface area contributed by atoms with E-state index in [1.165, 1.54) is 16.7 Å². The van der Waals surface area contributed by atoms with Crippen LogP contribution in [0.5, 0.6) is 0 Å². The molecule has 0 radical (unpaired) electrons. The minimum absolute atomic E-state index is 0.0308. The number of carbonyl (C=O) groups excluding carboxylic acids is 3. The Morgan fingerprint density at radius 3 is 2.67 bits per heavy atom. The summed E-state index contributed by atoms with van der Waals surface area (Å²) in [5.74, 6) is -2.49. The van der Waals surface area contributed by atoms with Crippen LogP contribution in [0, 0.1) is 0 Å². The molecule has 3 amide bonds. The first-order valence-electron chi connectivity index (χ1n) is 15.0. The zero-order valence-corrected chi connectivity index (χ0v) is 26.5. The summed E-state index contributed by atoms with van der Waals surface area (Å²) in [6.45, 7) is 1.39. The third-order valence-electron chi connectivity index (χ3n) is 8.32. The van der Waals surface area contributed by atoms with Crippen LogP contribution in [0.15, 0.2) is 58.0 Å². The molecule has 242 valence electrons. The average Bonchev–Trinajstić information content (AvgIpc) is 3.80. The monoisotopic (exact) mass is 668 g/mol. The van der Waals surface area contributed by atoms with Gasteiger partial charge in [-0.05, 0) is 49.3 Å². The number of fused-ring (bicyclic) bond motifs is 1. The second-order valence-electron chi connectivity index (χ2n) is 11.4. The number of aliphatic hydroxyl groups is 1. The molecule has 46 heavy (non-hydrogen) atoms. The number of amides is 3. The molecular formula is C30H34N7O7S2+. The molecule has 14 nitrogen and oxygen atoms in total. The number of pyridine rings is 1. The molecule has 3 aliphatic heterocycles. The maximum Gasteiger partial charge on any atom is 0.352 e. The van der Waals surface area contributed by atoms with Crippen LogP contribution in [0.3, 0.4) is 0 Å². The number of thiazole rings is 1. The van der Waals surface area contributed by atoms with Crippen molar-refractivity contribution in [1.29, 1.82) is 0 Å². The predicted octanol–water partition coefficient (Wildman–Crippen LogP) is 0.766. The van der Waals surface area contributed by atoms with E-state index in [1.807, 2.05) is 29.1 Å². The predicted molar refractivity (Wildman–Crippen MR) is 168 cm³/mol. The van der Waals surface area contributed by atoms with Gasteiger partial charge in [-0.3, -0.25) is 19.3 Å². The van der Waals surface area contributed by atoms with E-state index < -0.39 is 29.2 Å². The number of aliphatic hydroxyl groups excluding tert-OH is 1. The number of β-lactam (4-membered cyclic amide) rings is 1. The number of thioether (sulfide) groups is 1. The van der Waals surface area contributed by atoms with Crippen molar-refractivity contribution >= 4 is 57.6 Å². The van der Waals surface area contributed by atoms with Crippen molar-refractivity contribution in [2.45, 2.75) is 62.7 Å². The second-order valence-corrected chi connectivity index (χ2v) is 13.4. The van der Waals surface area contributed by atoms with Crippen LogP contribution in [0.1, 0.15) is 43.4 Å². The van der Waals surface area contributed by atoms with Crippen molar-refractivity contribution in [1.82, 2.24) is 20.1 Å². The van der Waals surface area contributed by atoms with E-state index in [0.717, 1.165) is 42.6 Å². The number of nitrogens with two attached hydrogens (primary N) is 1. The summed E-state index contributed by atoms with van der Waals surface area (Å²) in [5.41, 5.74) is 7.49. The number of oxime groups is 1. The maximum absolute atomic E-state index is 13.4. The van der Waals surface area contributed by atoms with Gasteiger partial charge < -0.3 is 31.0 Å². The minimum Gasteiger partial charge on any atom is -0.477 e. The van der Waals surface area contributed by atoms with Crippen LogP contribution in [0.4, 0.5) is 5.13 Å². The highest BCUT2D eigenvalue weighted by Gasteiger charge is 2.54. The first kappa shape index (κ1) is 31.7. The number of carboxylic acid groups (broad SMARTS) is 1. The van der Waals surface area contributed by atoms with Gasteiger partial charge in [-0.25, -0.2) is 14.3 Å². The molecule has 2 aromatic rings. The van der Waals surface area contributed by atoms with Gasteiger partial charge in [-0.15, -0.1) is 23.1 Å². The van der Waals surface area contributed by atoms with Gasteiger partial charge in [0, 0.05) is 41.9 Å². The van der Waals surface area contributed by atoms with Crippen molar-refractivity contribution in [2.75, 3.05) is 24.6 Å². The lowest BCUT2D eigenvalue weighted by Crippen LogP contribution is -2.71. The number of nitrogens with zero attached hydrogens (tertiary/aromatic N) is 5. The van der Waals surface area contributed by atoms with Gasteiger partial charge in [0.2, 0.25) is 5.91 Å². The fourth-order valence-electron chi connectivity index (χ4n) is 5.93. The zero-order chi connectivity index (χ0) is 32.4. The van der Waals surface area contributed by atoms with Gasteiger partial charge in [-0.2, -0.15) is 0 Å². The molecule has 5 heterocycles. The Morgan fingerprint density at radius 2 is 2.00 bits per heavy atom. The van der Waals surface area contributed by atoms with Crippen LogP contribution >= 0.6 is 23.1 Å². The lowest BCUT2D eigenvalue weighted by atomic mass is 10.0. The van der Waals surface area contributed by atoms with E-state index in [-0.39, 0.29) is 46.6 Å². The number of carboxylic acids is 1. The second kappa shape index (κ2) is 13.6. The molecule has 5 N–H and O–H groups in total. The topological polar surface area (TPSA) is 192 Å². The molecule has 2 atom stereocenters. The SMILES string of the molecule is Nc1nc(/C(=N/OC2CCCC2)C(=O)N[C@@H]2C(=O)N3C(C(=O)O)=C(C=C4CCN(Cc5cc[n+](CCO)cc5)C4=O)CS[C@H]23)cs1. The van der Waals surface area contributed by atoms with Crippen molar-refractivity contribution in [3.8, 4) is 0 Å². The number of aromatic nitrogens is 2. The molecule has 2 saturated heterocycles. The quantitative estimate of drug-likeness (QED) is 0.0874. The van der Waals surface area contributed by atoms with Gasteiger partial charge in [0.05, 0.1) is 0 Å². The molecule has 1 aliphatic carbocycles. The molecule has 3 fully saturated rings. The summed E-state index contributed by atoms with van der Waals surface area (Å²) in [6, 6.07) is 2.80. The molecule has 6 rings (SSSR count). The number of likely N-dealkylation sites (tertiary alicyclic amines) is 1. The largest absolute Gasteiger partial charge is 0.477 e. The molecule has 16 heteroatoms. The van der Waals surface area contributed by atoms with E-state index >= 15 is 0 Å². The van der Waals surface area contributed by atoms with Crippen molar-refractivity contribution in [3.63, 3.8) is 0 Å². The van der Waals surface area contributed by atoms with E-state index in [1.54, 1.807) is 16.4 Å². The van der Waals surface area contributed by atoms with Gasteiger partial charge in [0.25, 0.3) is 11.8 Å². The lowest BCUT2D eigenvalue weighted by Gasteiger charge is -2.49. The first-order valence-corrected chi connectivity index (χ1v) is 16.9. The number of rotatable bonds is 11. The van der Waals surface area contributed by atoms with Crippen LogP contribution in [-0.4, -0.2) is 90.8 Å². The molecule has 0 aromatic carbocycles. The van der Waals surface area contributed by atoms with Gasteiger partial charge in [0.15, 0.2) is 29.8 Å². The van der Waals surface area contributed by atoms with Gasteiger partial charge in [0.1, 0.15) is 35.5 Å². The Bertz CT molecular complexity index is 1630. The van der Waals surface area contributed by atoms with Crippen LogP contribution in [-0.2, 0) is 37.1 Å². The molecule has 4 aliphatic rings. The maximum atomic E-state index is 13.4. The fourth-order valence-corrected chi connectivity index (χ4v) is 7.78. The standard InChI is InChI=1S/C30H33N7O7S2/c31-30-32-21(16-46-30)22(34-44-20-3-1-2-4-20)25(39)33-23-27(41)37-24(29(42)43)19(15-45-28(23)37)13-18-7-10-36(26(18)40)14-17-5-8-35(9-6-17)11-12-38/h5-6,8-9,13,16,20,23,28,38H,1-4,7,10-12,14-15H2,(H3-,31,32,33,39,42,43)/p+1/b18-13?,34-22-/t23-,28-/m1/s1. The van der Waals surface area contributed by atoms with Gasteiger partial charge in [-0.1, -0.05) is 5.16 Å². The number of aliphatic carboxylic acids is 1. The Kier molecular flexibility index (Phi) is 9.37. The third kappa shape index (κ3) is 6.50. The number of hydrogen-bond donors (Lipinski definition) is 4. The minimum atomic E-state index is -1.29. The molecule has 1 saturated carbocycles. The molecular weight excluding hydrogens is 635 g/mol. The number of hydrogen-bond acceptors (Lipinski definition) is 11.